The second-order valence-corrected chi connectivity index (χ2v) is 6.30. The van der Waals surface area contributed by atoms with E-state index in [4.69, 9.17) is 0 Å². The molecule has 1 heterocycles. The van der Waals surface area contributed by atoms with Crippen LogP contribution in [0, 0.1) is 11.6 Å². The molecule has 0 radical (unpaired) electrons. The van der Waals surface area contributed by atoms with E-state index in [-0.39, 0.29) is 5.56 Å². The first-order chi connectivity index (χ1) is 12.0. The molecule has 0 saturated carbocycles. The topological polar surface area (TPSA) is 46.9 Å². The summed E-state index contributed by atoms with van der Waals surface area (Å²) in [5.74, 6) is -0.896. The van der Waals surface area contributed by atoms with Crippen LogP contribution in [-0.2, 0) is 7.05 Å². The van der Waals surface area contributed by atoms with Crippen LogP contribution in [0.15, 0.2) is 59.3 Å². The maximum atomic E-state index is 14.3. The molecule has 1 atom stereocenters. The SMILES string of the molecule is Cn1ccnc1C(NC(=O)c1ccc(F)cc1Br)c1ccccc1F. The molecule has 2 aromatic carbocycles. The highest BCUT2D eigenvalue weighted by Gasteiger charge is 2.24. The van der Waals surface area contributed by atoms with Crippen LogP contribution in [0.4, 0.5) is 8.78 Å². The van der Waals surface area contributed by atoms with Crippen LogP contribution < -0.4 is 5.32 Å². The zero-order valence-electron chi connectivity index (χ0n) is 13.2. The predicted octanol–water partition coefficient (Wildman–Crippen LogP) is 3.98. The Bertz CT molecular complexity index is 926. The van der Waals surface area contributed by atoms with E-state index in [1.165, 1.54) is 24.3 Å². The molecule has 0 fully saturated rings. The molecule has 0 aliphatic heterocycles. The molecule has 1 aromatic heterocycles. The van der Waals surface area contributed by atoms with Gasteiger partial charge in [0.15, 0.2) is 0 Å². The molecule has 7 heteroatoms. The van der Waals surface area contributed by atoms with E-state index in [0.717, 1.165) is 0 Å². The van der Waals surface area contributed by atoms with Crippen LogP contribution in [0.1, 0.15) is 27.8 Å². The highest BCUT2D eigenvalue weighted by atomic mass is 79.9. The van der Waals surface area contributed by atoms with Gasteiger partial charge in [-0.15, -0.1) is 0 Å². The average Bonchev–Trinajstić information content (AvgIpc) is 2.99. The van der Waals surface area contributed by atoms with Gasteiger partial charge in [-0.3, -0.25) is 4.79 Å². The quantitative estimate of drug-likeness (QED) is 0.713. The fourth-order valence-electron chi connectivity index (χ4n) is 2.53. The molecular weight excluding hydrogens is 392 g/mol. The third-order valence-corrected chi connectivity index (χ3v) is 4.44. The van der Waals surface area contributed by atoms with Gasteiger partial charge in [-0.2, -0.15) is 0 Å². The molecule has 3 aromatic rings. The van der Waals surface area contributed by atoms with Crippen molar-refractivity contribution in [3.8, 4) is 0 Å². The van der Waals surface area contributed by atoms with Crippen molar-refractivity contribution < 1.29 is 13.6 Å². The molecule has 1 N–H and O–H groups in total. The monoisotopic (exact) mass is 405 g/mol. The Morgan fingerprint density at radius 1 is 1.24 bits per heavy atom. The highest BCUT2D eigenvalue weighted by molar-refractivity contribution is 9.10. The van der Waals surface area contributed by atoms with Crippen LogP contribution >= 0.6 is 15.9 Å². The minimum absolute atomic E-state index is 0.247. The summed E-state index contributed by atoms with van der Waals surface area (Å²) in [6.45, 7) is 0. The summed E-state index contributed by atoms with van der Waals surface area (Å²) in [7, 11) is 1.76. The minimum atomic E-state index is -0.786. The number of halogens is 3. The van der Waals surface area contributed by atoms with Gasteiger partial charge in [0.2, 0.25) is 0 Å². The molecule has 3 rings (SSSR count). The Balaban J connectivity index is 2.00. The Kier molecular flexibility index (Phi) is 4.94. The van der Waals surface area contributed by atoms with Crippen molar-refractivity contribution in [2.24, 2.45) is 7.05 Å². The van der Waals surface area contributed by atoms with E-state index in [0.29, 0.717) is 15.9 Å². The van der Waals surface area contributed by atoms with Gasteiger partial charge < -0.3 is 9.88 Å². The van der Waals surface area contributed by atoms with Crippen LogP contribution in [0.25, 0.3) is 0 Å². The number of carbonyl (C=O) groups is 1. The molecule has 1 unspecified atom stereocenters. The van der Waals surface area contributed by atoms with E-state index in [2.05, 4.69) is 26.2 Å². The van der Waals surface area contributed by atoms with Gasteiger partial charge in [-0.1, -0.05) is 18.2 Å². The van der Waals surface area contributed by atoms with Crippen molar-refractivity contribution in [3.63, 3.8) is 0 Å². The lowest BCUT2D eigenvalue weighted by molar-refractivity contribution is 0.0940. The zero-order valence-corrected chi connectivity index (χ0v) is 14.8. The molecule has 0 saturated heterocycles. The van der Waals surface area contributed by atoms with E-state index in [1.807, 2.05) is 0 Å². The number of nitrogens with zero attached hydrogens (tertiary/aromatic N) is 2. The standard InChI is InChI=1S/C18H14BrF2N3O/c1-24-9-8-22-17(24)16(13-4-2-3-5-15(13)21)23-18(25)12-7-6-11(20)10-14(12)19/h2-10,16H,1H3,(H,23,25). The van der Waals surface area contributed by atoms with E-state index >= 15 is 0 Å². The second-order valence-electron chi connectivity index (χ2n) is 5.45. The Morgan fingerprint density at radius 3 is 2.64 bits per heavy atom. The molecule has 1 amide bonds. The predicted molar refractivity (Wildman–Crippen MR) is 93.0 cm³/mol. The van der Waals surface area contributed by atoms with Gasteiger partial charge >= 0.3 is 0 Å². The summed E-state index contributed by atoms with van der Waals surface area (Å²) in [5.41, 5.74) is 0.542. The lowest BCUT2D eigenvalue weighted by Crippen LogP contribution is -2.32. The molecule has 0 aliphatic carbocycles. The van der Waals surface area contributed by atoms with Crippen molar-refractivity contribution >= 4 is 21.8 Å². The Hall–Kier alpha value is -2.54. The summed E-state index contributed by atoms with van der Waals surface area (Å²) in [5, 5.41) is 2.78. The van der Waals surface area contributed by atoms with E-state index < -0.39 is 23.6 Å². The van der Waals surface area contributed by atoms with Gasteiger partial charge in [0, 0.05) is 29.5 Å². The van der Waals surface area contributed by atoms with Crippen molar-refractivity contribution in [3.05, 3.63) is 87.9 Å². The van der Waals surface area contributed by atoms with Gasteiger partial charge in [-0.25, -0.2) is 13.8 Å². The molecule has 25 heavy (non-hydrogen) atoms. The van der Waals surface area contributed by atoms with Gasteiger partial charge in [0.25, 0.3) is 5.91 Å². The maximum Gasteiger partial charge on any atom is 0.253 e. The Labute approximate surface area is 151 Å². The molecule has 0 spiro atoms. The second kappa shape index (κ2) is 7.14. The van der Waals surface area contributed by atoms with Gasteiger partial charge in [0.05, 0.1) is 5.56 Å². The molecule has 128 valence electrons. The smallest absolute Gasteiger partial charge is 0.253 e. The third-order valence-electron chi connectivity index (χ3n) is 3.78. The average molecular weight is 406 g/mol. The zero-order chi connectivity index (χ0) is 18.0. The first-order valence-electron chi connectivity index (χ1n) is 7.45. The van der Waals surface area contributed by atoms with Crippen LogP contribution in [0.3, 0.4) is 0 Å². The molecule has 4 nitrogen and oxygen atoms in total. The first-order valence-corrected chi connectivity index (χ1v) is 8.24. The molecular formula is C18H14BrF2N3O. The van der Waals surface area contributed by atoms with Crippen molar-refractivity contribution in [1.29, 1.82) is 0 Å². The van der Waals surface area contributed by atoms with Crippen LogP contribution in [-0.4, -0.2) is 15.5 Å². The van der Waals surface area contributed by atoms with Crippen molar-refractivity contribution in [2.45, 2.75) is 6.04 Å². The lowest BCUT2D eigenvalue weighted by Gasteiger charge is -2.20. The van der Waals surface area contributed by atoms with E-state index in [9.17, 15) is 13.6 Å². The molecule has 0 bridgehead atoms. The summed E-state index contributed by atoms with van der Waals surface area (Å²) < 4.78 is 29.6. The number of hydrogen-bond acceptors (Lipinski definition) is 2. The van der Waals surface area contributed by atoms with Gasteiger partial charge in [-0.05, 0) is 40.2 Å². The number of amides is 1. The van der Waals surface area contributed by atoms with Crippen molar-refractivity contribution in [2.75, 3.05) is 0 Å². The van der Waals surface area contributed by atoms with Crippen molar-refractivity contribution in [1.82, 2.24) is 14.9 Å². The number of aromatic nitrogens is 2. The highest BCUT2D eigenvalue weighted by Crippen LogP contribution is 2.25. The van der Waals surface area contributed by atoms with Gasteiger partial charge in [0.1, 0.15) is 23.5 Å². The Morgan fingerprint density at radius 2 is 2.00 bits per heavy atom. The third kappa shape index (κ3) is 3.61. The summed E-state index contributed by atoms with van der Waals surface area (Å²) >= 11 is 3.18. The number of aryl methyl sites for hydroxylation is 1. The fraction of sp³-hybridized carbons (Fsp3) is 0.111. The maximum absolute atomic E-state index is 14.3. The number of nitrogens with one attached hydrogen (secondary N) is 1. The number of rotatable bonds is 4. The number of carbonyl (C=O) groups excluding carboxylic acids is 1. The number of benzene rings is 2. The number of hydrogen-bond donors (Lipinski definition) is 1. The summed E-state index contributed by atoms with van der Waals surface area (Å²) in [6.07, 6.45) is 3.28. The van der Waals surface area contributed by atoms with Crippen LogP contribution in [0.5, 0.6) is 0 Å². The number of imidazole rings is 1. The fourth-order valence-corrected chi connectivity index (χ4v) is 3.06. The molecule has 0 aliphatic rings. The summed E-state index contributed by atoms with van der Waals surface area (Å²) in [4.78, 5) is 16.9. The summed E-state index contributed by atoms with van der Waals surface area (Å²) in [6, 6.07) is 9.16. The first kappa shape index (κ1) is 17.3. The largest absolute Gasteiger partial charge is 0.338 e. The van der Waals surface area contributed by atoms with E-state index in [1.54, 1.807) is 42.2 Å². The minimum Gasteiger partial charge on any atom is -0.338 e. The normalized spacial score (nSPS) is 12.0. The lowest BCUT2D eigenvalue weighted by atomic mass is 10.0. The van der Waals surface area contributed by atoms with Crippen LogP contribution in [0.2, 0.25) is 0 Å².